The Morgan fingerprint density at radius 3 is 0.694 bits per heavy atom. The number of hydrogen-bond acceptors (Lipinski definition) is 16. The molecule has 0 fully saturated rings. The predicted octanol–water partition coefficient (Wildman–Crippen LogP) is 4.77. The van der Waals surface area contributed by atoms with Crippen molar-refractivity contribution in [3.63, 3.8) is 0 Å². The molecular formula is C36H22Ag2F6N6O10S2. The van der Waals surface area contributed by atoms with Gasteiger partial charge in [0.1, 0.15) is 22.8 Å². The Kier molecular flexibility index (Phi) is 21.3. The molecule has 0 aliphatic carbocycles. The Labute approximate surface area is 377 Å². The molecule has 6 aromatic heterocycles. The quantitative estimate of drug-likeness (QED) is 0.0654. The molecule has 0 amide bonds. The van der Waals surface area contributed by atoms with Crippen LogP contribution in [0.2, 0.25) is 0 Å². The van der Waals surface area contributed by atoms with Gasteiger partial charge in [0, 0.05) is 71.8 Å². The van der Waals surface area contributed by atoms with Crippen LogP contribution in [0.4, 0.5) is 26.3 Å². The third-order valence-electron chi connectivity index (χ3n) is 6.77. The average Bonchev–Trinajstić information content (AvgIpc) is 3.23. The van der Waals surface area contributed by atoms with Gasteiger partial charge in [-0.3, -0.25) is 39.1 Å². The van der Waals surface area contributed by atoms with E-state index in [0.717, 1.165) is 0 Å². The van der Waals surface area contributed by atoms with E-state index in [-0.39, 0.29) is 90.7 Å². The van der Waals surface area contributed by atoms with Gasteiger partial charge in [-0.15, -0.1) is 0 Å². The zero-order valence-corrected chi connectivity index (χ0v) is 34.8. The second kappa shape index (κ2) is 24.2. The van der Waals surface area contributed by atoms with Crippen LogP contribution in [0.1, 0.15) is 64.2 Å². The fraction of sp³-hybridized carbons (Fsp3) is 0.0556. The molecule has 16 nitrogen and oxygen atoms in total. The molecule has 0 unspecified atom stereocenters. The number of carbonyl (C=O) groups excluding carboxylic acids is 4. The van der Waals surface area contributed by atoms with Gasteiger partial charge in [0.2, 0.25) is 23.1 Å². The van der Waals surface area contributed by atoms with Gasteiger partial charge in [0.15, 0.2) is 20.2 Å². The van der Waals surface area contributed by atoms with Crippen LogP contribution in [0.25, 0.3) is 0 Å². The first kappa shape index (κ1) is 54.5. The molecule has 62 heavy (non-hydrogen) atoms. The summed E-state index contributed by atoms with van der Waals surface area (Å²) in [7, 11) is -12.2. The molecule has 6 aromatic rings. The summed E-state index contributed by atoms with van der Waals surface area (Å²) < 4.78 is 118. The molecule has 0 spiro atoms. The van der Waals surface area contributed by atoms with Gasteiger partial charge in [-0.2, -0.15) is 26.3 Å². The van der Waals surface area contributed by atoms with E-state index in [1.165, 1.54) is 0 Å². The van der Waals surface area contributed by atoms with Gasteiger partial charge < -0.3 is 9.11 Å². The standard InChI is InChI=1S/2C17H11N3O2.2CHF3O3S.2Ag/c2*21-16(12-4-8-18-9-5-12)14-2-1-3-15(20-14)17(22)13-6-10-19-11-7-13;2*2-1(3,4)8(5,6)7;;/h2*1-11H;2*(H,5,6,7);;/q;;;;2*+1/p-2. The molecule has 6 rings (SSSR count). The van der Waals surface area contributed by atoms with Crippen molar-refractivity contribution in [1.82, 2.24) is 29.9 Å². The SMILES string of the molecule is O=C(c1ccncc1)c1cccc(C(=O)c2ccncc2)n1.O=C(c1ccncc1)c1cccc(C(=O)c2ccncc2)n1.O=S(=O)([O-])C(F)(F)F.O=S(=O)([O-])C(F)(F)F.[Ag+].[Ag+]. The number of rotatable bonds is 8. The minimum Gasteiger partial charge on any atom is -0.741 e. The summed E-state index contributed by atoms with van der Waals surface area (Å²) in [4.78, 5) is 73.3. The minimum absolute atomic E-state index is 0. The van der Waals surface area contributed by atoms with Crippen LogP contribution in [0.3, 0.4) is 0 Å². The van der Waals surface area contributed by atoms with Gasteiger partial charge in [-0.05, 0) is 72.8 Å². The first-order valence-corrected chi connectivity index (χ1v) is 18.6. The third kappa shape index (κ3) is 16.7. The van der Waals surface area contributed by atoms with Crippen molar-refractivity contribution in [2.75, 3.05) is 0 Å². The van der Waals surface area contributed by atoms with E-state index in [1.54, 1.807) is 135 Å². The van der Waals surface area contributed by atoms with Gasteiger partial charge in [-0.1, -0.05) is 12.1 Å². The molecular weight excluding hydrogens is 1070 g/mol. The van der Waals surface area contributed by atoms with Gasteiger partial charge in [0.25, 0.3) is 0 Å². The molecule has 0 bridgehead atoms. The van der Waals surface area contributed by atoms with Crippen molar-refractivity contribution in [3.8, 4) is 0 Å². The molecule has 26 heteroatoms. The Morgan fingerprint density at radius 2 is 0.548 bits per heavy atom. The first-order chi connectivity index (χ1) is 28.0. The zero-order valence-electron chi connectivity index (χ0n) is 30.2. The van der Waals surface area contributed by atoms with Crippen LogP contribution >= 0.6 is 0 Å². The summed E-state index contributed by atoms with van der Waals surface area (Å²) in [6.45, 7) is 0. The fourth-order valence-corrected chi connectivity index (χ4v) is 3.98. The maximum Gasteiger partial charge on any atom is 1.00 e. The first-order valence-electron chi connectivity index (χ1n) is 15.8. The van der Waals surface area contributed by atoms with E-state index in [1.807, 2.05) is 0 Å². The molecule has 0 aliphatic rings. The van der Waals surface area contributed by atoms with Crippen molar-refractivity contribution in [2.45, 2.75) is 11.0 Å². The van der Waals surface area contributed by atoms with Crippen LogP contribution in [0, 0.1) is 0 Å². The zero-order chi connectivity index (χ0) is 44.7. The number of pyridine rings is 6. The smallest absolute Gasteiger partial charge is 0.741 e. The Morgan fingerprint density at radius 1 is 0.387 bits per heavy atom. The van der Waals surface area contributed by atoms with Crippen molar-refractivity contribution in [2.24, 2.45) is 0 Å². The fourth-order valence-electron chi connectivity index (χ4n) is 3.98. The number of hydrogen-bond donors (Lipinski definition) is 0. The molecule has 0 saturated carbocycles. The molecule has 0 aromatic carbocycles. The van der Waals surface area contributed by atoms with Crippen molar-refractivity contribution in [1.29, 1.82) is 0 Å². The van der Waals surface area contributed by atoms with Gasteiger partial charge in [0.05, 0.1) is 0 Å². The van der Waals surface area contributed by atoms with E-state index < -0.39 is 31.3 Å². The maximum atomic E-state index is 12.3. The molecule has 0 radical (unpaired) electrons. The van der Waals surface area contributed by atoms with Gasteiger partial charge in [-0.25, -0.2) is 26.8 Å². The predicted molar refractivity (Wildman–Crippen MR) is 191 cm³/mol. The second-order valence-corrected chi connectivity index (χ2v) is 13.6. The number of carbonyl (C=O) groups is 4. The largest absolute Gasteiger partial charge is 1.00 e. The number of nitrogens with zero attached hydrogens (tertiary/aromatic N) is 6. The van der Waals surface area contributed by atoms with Crippen molar-refractivity contribution >= 4 is 43.4 Å². The second-order valence-electron chi connectivity index (χ2n) is 10.9. The molecule has 0 aliphatic heterocycles. The van der Waals surface area contributed by atoms with E-state index in [4.69, 9.17) is 25.9 Å². The van der Waals surface area contributed by atoms with Crippen LogP contribution in [0.5, 0.6) is 0 Å². The van der Waals surface area contributed by atoms with E-state index in [2.05, 4.69) is 29.9 Å². The van der Waals surface area contributed by atoms with Crippen molar-refractivity contribution in [3.05, 3.63) is 180 Å². The Hall–Kier alpha value is -5.54. The average molecular weight is 1090 g/mol. The normalized spacial score (nSPS) is 10.8. The summed E-state index contributed by atoms with van der Waals surface area (Å²) in [5.41, 5.74) is -8.45. The van der Waals surface area contributed by atoms with Crippen LogP contribution in [-0.4, -0.2) is 90.0 Å². The molecule has 0 N–H and O–H groups in total. The minimum atomic E-state index is -6.09. The summed E-state index contributed by atoms with van der Waals surface area (Å²) in [5.74, 6) is -0.975. The summed E-state index contributed by atoms with van der Waals surface area (Å²) in [6.07, 6.45) is 12.3. The topological polar surface area (TPSA) is 260 Å². The summed E-state index contributed by atoms with van der Waals surface area (Å²) >= 11 is 0. The Bertz CT molecular complexity index is 2340. The van der Waals surface area contributed by atoms with Crippen LogP contribution in [0.15, 0.2) is 135 Å². The number of halogens is 6. The molecule has 0 saturated heterocycles. The Balaban J connectivity index is 0.000000452. The monoisotopic (exact) mass is 1090 g/mol. The van der Waals surface area contributed by atoms with Gasteiger partial charge >= 0.3 is 55.8 Å². The third-order valence-corrected chi connectivity index (χ3v) is 7.90. The summed E-state index contributed by atoms with van der Waals surface area (Å²) in [5, 5.41) is 0. The van der Waals surface area contributed by atoms with Crippen molar-refractivity contribution < 1.29 is 116 Å². The van der Waals surface area contributed by atoms with E-state index >= 15 is 0 Å². The summed E-state index contributed by atoms with van der Waals surface area (Å²) in [6, 6.07) is 22.6. The maximum absolute atomic E-state index is 12.3. The molecule has 332 valence electrons. The van der Waals surface area contributed by atoms with E-state index in [9.17, 15) is 45.5 Å². The number of ketones is 4. The number of alkyl halides is 6. The van der Waals surface area contributed by atoms with Crippen LogP contribution < -0.4 is 0 Å². The number of aromatic nitrogens is 6. The van der Waals surface area contributed by atoms with Crippen LogP contribution in [-0.2, 0) is 65.0 Å². The molecule has 0 atom stereocenters. The van der Waals surface area contributed by atoms with E-state index in [0.29, 0.717) is 22.3 Å². The molecule has 6 heterocycles.